The number of unbranched alkanes of at least 4 members (excludes halogenated alkanes) is 2. The summed E-state index contributed by atoms with van der Waals surface area (Å²) in [4.78, 5) is 28.3. The van der Waals surface area contributed by atoms with Crippen molar-refractivity contribution in [2.45, 2.75) is 56.4 Å². The molecule has 1 aromatic heterocycles. The van der Waals surface area contributed by atoms with Crippen LogP contribution >= 0.6 is 11.3 Å². The molecule has 6 rings (SSSR count). The third kappa shape index (κ3) is 9.39. The van der Waals surface area contributed by atoms with Crippen LogP contribution in [0.25, 0.3) is 0 Å². The largest absolute Gasteiger partial charge is 0.510 e. The van der Waals surface area contributed by atoms with Crippen LogP contribution in [0.2, 0.25) is 0 Å². The van der Waals surface area contributed by atoms with Crippen LogP contribution in [0.5, 0.6) is 5.75 Å². The maximum Gasteiger partial charge on any atom is 0.348 e. The number of carbonyl (C=O) groups excluding carboxylic acids is 2. The SMILES string of the molecule is O=C1C=CC2C(C(O)CNCCCCCOc3cccc(C(O)(C(=O)OCC4CCN(Cc5ccccc5)CC4)c4cccs4)c3)=CC=C(O)C2N1. The van der Waals surface area contributed by atoms with Gasteiger partial charge in [0.25, 0.3) is 0 Å². The highest BCUT2D eigenvalue weighted by Gasteiger charge is 2.43. The van der Waals surface area contributed by atoms with E-state index in [9.17, 15) is 24.9 Å². The van der Waals surface area contributed by atoms with Crippen LogP contribution in [-0.2, 0) is 26.5 Å². The predicted octanol–water partition coefficient (Wildman–Crippen LogP) is 4.99. The molecule has 1 fully saturated rings. The quantitative estimate of drug-likeness (QED) is 0.0962. The average molecular weight is 728 g/mol. The number of ether oxygens (including phenoxy) is 2. The van der Waals surface area contributed by atoms with Crippen LogP contribution in [0.4, 0.5) is 0 Å². The van der Waals surface area contributed by atoms with E-state index in [1.54, 1.807) is 36.4 Å². The number of nitrogens with one attached hydrogen (secondary N) is 2. The lowest BCUT2D eigenvalue weighted by Gasteiger charge is -2.34. The van der Waals surface area contributed by atoms with E-state index in [1.807, 2.05) is 23.6 Å². The molecule has 0 saturated carbocycles. The Bertz CT molecular complexity index is 1720. The highest BCUT2D eigenvalue weighted by atomic mass is 32.1. The van der Waals surface area contributed by atoms with Crippen molar-refractivity contribution in [2.75, 3.05) is 39.4 Å². The molecule has 4 unspecified atom stereocenters. The minimum absolute atomic E-state index is 0.0816. The zero-order valence-electron chi connectivity index (χ0n) is 29.4. The van der Waals surface area contributed by atoms with Gasteiger partial charge in [-0.3, -0.25) is 9.69 Å². The molecule has 0 spiro atoms. The molecule has 11 heteroatoms. The van der Waals surface area contributed by atoms with Gasteiger partial charge in [0, 0.05) is 24.6 Å². The summed E-state index contributed by atoms with van der Waals surface area (Å²) >= 11 is 1.31. The number of fused-ring (bicyclic) bond motifs is 1. The minimum Gasteiger partial charge on any atom is -0.510 e. The zero-order valence-corrected chi connectivity index (χ0v) is 30.2. The zero-order chi connectivity index (χ0) is 36.3. The van der Waals surface area contributed by atoms with Gasteiger partial charge in [-0.1, -0.05) is 60.7 Å². The number of thiophene rings is 1. The summed E-state index contributed by atoms with van der Waals surface area (Å²) in [5.41, 5.74) is 0.515. The number of amides is 1. The van der Waals surface area contributed by atoms with E-state index in [2.05, 4.69) is 39.8 Å². The van der Waals surface area contributed by atoms with Gasteiger partial charge < -0.3 is 35.4 Å². The summed E-state index contributed by atoms with van der Waals surface area (Å²) in [6.07, 6.45) is 10.1. The number of aliphatic hydroxyl groups excluding tert-OH is 2. The first-order chi connectivity index (χ1) is 25.3. The first kappa shape index (κ1) is 37.5. The molecule has 1 saturated heterocycles. The Kier molecular flexibility index (Phi) is 13.0. The molecule has 4 atom stereocenters. The van der Waals surface area contributed by atoms with Crippen molar-refractivity contribution >= 4 is 23.2 Å². The van der Waals surface area contributed by atoms with Crippen molar-refractivity contribution in [3.63, 3.8) is 0 Å². The summed E-state index contributed by atoms with van der Waals surface area (Å²) < 4.78 is 11.9. The molecule has 276 valence electrons. The van der Waals surface area contributed by atoms with Crippen molar-refractivity contribution in [3.8, 4) is 5.75 Å². The fourth-order valence-electron chi connectivity index (χ4n) is 7.07. The molecule has 3 aliphatic rings. The first-order valence-corrected chi connectivity index (χ1v) is 19.1. The van der Waals surface area contributed by atoms with E-state index >= 15 is 0 Å². The smallest absolute Gasteiger partial charge is 0.348 e. The number of hydrogen-bond donors (Lipinski definition) is 5. The van der Waals surface area contributed by atoms with Crippen LogP contribution in [0.15, 0.2) is 108 Å². The lowest BCUT2D eigenvalue weighted by Crippen LogP contribution is -2.47. The third-order valence-corrected chi connectivity index (χ3v) is 11.1. The number of allylic oxidation sites excluding steroid dienone is 2. The third-order valence-electron chi connectivity index (χ3n) is 10.1. The number of carbonyl (C=O) groups is 2. The van der Waals surface area contributed by atoms with Crippen molar-refractivity contribution in [1.82, 2.24) is 15.5 Å². The van der Waals surface area contributed by atoms with Gasteiger partial charge in [-0.15, -0.1) is 11.3 Å². The topological polar surface area (TPSA) is 141 Å². The fraction of sp³-hybridized carbons (Fsp3) is 0.415. The Morgan fingerprint density at radius 3 is 2.65 bits per heavy atom. The molecule has 3 aromatic rings. The van der Waals surface area contributed by atoms with Crippen molar-refractivity contribution in [1.29, 1.82) is 0 Å². The molecule has 10 nitrogen and oxygen atoms in total. The van der Waals surface area contributed by atoms with Gasteiger partial charge in [0.15, 0.2) is 0 Å². The molecule has 5 N–H and O–H groups in total. The number of likely N-dealkylation sites (tertiary alicyclic amines) is 1. The van der Waals surface area contributed by atoms with Gasteiger partial charge in [0.1, 0.15) is 11.5 Å². The number of benzene rings is 2. The van der Waals surface area contributed by atoms with E-state index in [1.165, 1.54) is 29.1 Å². The molecule has 52 heavy (non-hydrogen) atoms. The summed E-state index contributed by atoms with van der Waals surface area (Å²) in [6.45, 7) is 4.61. The molecule has 1 aliphatic carbocycles. The summed E-state index contributed by atoms with van der Waals surface area (Å²) in [7, 11) is 0. The van der Waals surface area contributed by atoms with Gasteiger partial charge in [-0.25, -0.2) is 4.79 Å². The second-order valence-corrected chi connectivity index (χ2v) is 14.7. The second kappa shape index (κ2) is 18.0. The molecule has 2 aromatic carbocycles. The highest BCUT2D eigenvalue weighted by Crippen LogP contribution is 2.36. The summed E-state index contributed by atoms with van der Waals surface area (Å²) in [6, 6.07) is 20.5. The standard InChI is InChI=1S/C41H49N3O7S/c45-35-16-14-33(34-15-17-38(47)43-39(34)35)36(46)26-42-20-5-2-6-23-50-32-12-7-11-31(25-32)41(49,37-13-8-24-52-37)40(48)51-28-30-18-21-44(22-19-30)27-29-9-3-1-4-10-29/h1,3-4,7-17,24-25,30,34,36,39,42,45-46,49H,2,5-6,18-23,26-28H2,(H,43,47). The number of nitrogens with zero attached hydrogens (tertiary/aromatic N) is 1. The van der Waals surface area contributed by atoms with Crippen LogP contribution in [0, 0.1) is 11.8 Å². The van der Waals surface area contributed by atoms with E-state index < -0.39 is 23.7 Å². The van der Waals surface area contributed by atoms with E-state index in [0.717, 1.165) is 57.3 Å². The Balaban J connectivity index is 0.930. The summed E-state index contributed by atoms with van der Waals surface area (Å²) in [5.74, 6) is -0.317. The van der Waals surface area contributed by atoms with Crippen molar-refractivity contribution < 1.29 is 34.4 Å². The maximum atomic E-state index is 13.7. The number of esters is 1. The van der Waals surface area contributed by atoms with Crippen molar-refractivity contribution in [2.24, 2.45) is 11.8 Å². The Labute approximate surface area is 309 Å². The highest BCUT2D eigenvalue weighted by molar-refractivity contribution is 7.10. The molecular weight excluding hydrogens is 679 g/mol. The van der Waals surface area contributed by atoms with Crippen LogP contribution < -0.4 is 15.4 Å². The molecule has 2 aliphatic heterocycles. The summed E-state index contributed by atoms with van der Waals surface area (Å²) in [5, 5.41) is 40.8. The first-order valence-electron chi connectivity index (χ1n) is 18.2. The van der Waals surface area contributed by atoms with E-state index in [4.69, 9.17) is 9.47 Å². The van der Waals surface area contributed by atoms with E-state index in [-0.39, 0.29) is 30.1 Å². The monoisotopic (exact) mass is 727 g/mol. The van der Waals surface area contributed by atoms with Gasteiger partial charge in [0.05, 0.1) is 30.2 Å². The average Bonchev–Trinajstić information content (AvgIpc) is 3.72. The normalized spacial score (nSPS) is 20.9. The predicted molar refractivity (Wildman–Crippen MR) is 201 cm³/mol. The van der Waals surface area contributed by atoms with Gasteiger partial charge in [0.2, 0.25) is 11.5 Å². The van der Waals surface area contributed by atoms with Crippen LogP contribution in [-0.4, -0.2) is 83.6 Å². The molecule has 3 heterocycles. The minimum atomic E-state index is -1.94. The Morgan fingerprint density at radius 2 is 1.87 bits per heavy atom. The van der Waals surface area contributed by atoms with Crippen molar-refractivity contribution in [3.05, 3.63) is 124 Å². The Hall–Kier alpha value is -4.26. The fourth-order valence-corrected chi connectivity index (χ4v) is 7.90. The van der Waals surface area contributed by atoms with Gasteiger partial charge >= 0.3 is 5.97 Å². The van der Waals surface area contributed by atoms with Crippen LogP contribution in [0.3, 0.4) is 0 Å². The second-order valence-electron chi connectivity index (χ2n) is 13.8. The van der Waals surface area contributed by atoms with E-state index in [0.29, 0.717) is 35.9 Å². The molecule has 0 radical (unpaired) electrons. The maximum absolute atomic E-state index is 13.7. The lowest BCUT2D eigenvalue weighted by molar-refractivity contribution is -0.163. The lowest BCUT2D eigenvalue weighted by atomic mass is 9.81. The Morgan fingerprint density at radius 1 is 1.04 bits per heavy atom. The molecule has 0 bridgehead atoms. The van der Waals surface area contributed by atoms with Gasteiger partial charge in [-0.2, -0.15) is 0 Å². The molecular formula is C41H49N3O7S. The number of aliphatic hydroxyl groups is 3. The number of rotatable bonds is 17. The van der Waals surface area contributed by atoms with Crippen LogP contribution in [0.1, 0.15) is 48.1 Å². The molecule has 1 amide bonds. The number of piperidine rings is 1. The van der Waals surface area contributed by atoms with Gasteiger partial charge in [-0.05, 0) is 105 Å². The number of hydrogen-bond acceptors (Lipinski definition) is 10.